The molecule has 0 saturated heterocycles. The van der Waals surface area contributed by atoms with Gasteiger partial charge in [0.1, 0.15) is 0 Å². The fraction of sp³-hybridized carbons (Fsp3) is 0.455. The van der Waals surface area contributed by atoms with Crippen LogP contribution < -0.4 is 5.73 Å². The Balaban J connectivity index is 2.91. The van der Waals surface area contributed by atoms with Gasteiger partial charge in [0, 0.05) is 9.50 Å². The van der Waals surface area contributed by atoms with Gasteiger partial charge >= 0.3 is 0 Å². The molecule has 0 aliphatic rings. The van der Waals surface area contributed by atoms with Gasteiger partial charge in [-0.05, 0) is 43.5 Å². The molecule has 3 N–H and O–H groups in total. The molecule has 1 rings (SSSR count). The lowest BCUT2D eigenvalue weighted by Crippen LogP contribution is -2.17. The summed E-state index contributed by atoms with van der Waals surface area (Å²) in [6, 6.07) is 5.64. The van der Waals surface area contributed by atoms with Gasteiger partial charge in [-0.3, -0.25) is 0 Å². The lowest BCUT2D eigenvalue weighted by atomic mass is 9.94. The van der Waals surface area contributed by atoms with Crippen molar-refractivity contribution in [3.05, 3.63) is 33.3 Å². The molecule has 1 aromatic carbocycles. The molecule has 2 nitrogen and oxygen atoms in total. The van der Waals surface area contributed by atoms with Crippen molar-refractivity contribution in [1.29, 1.82) is 0 Å². The van der Waals surface area contributed by atoms with Gasteiger partial charge in [-0.15, -0.1) is 0 Å². The zero-order valence-corrected chi connectivity index (χ0v) is 10.9. The third-order valence-corrected chi connectivity index (χ3v) is 3.23. The van der Waals surface area contributed by atoms with Crippen LogP contribution in [0.15, 0.2) is 22.7 Å². The molecule has 0 heterocycles. The molecule has 0 aromatic heterocycles. The van der Waals surface area contributed by atoms with Crippen LogP contribution in [0.25, 0.3) is 0 Å². The Morgan fingerprint density at radius 1 is 1.53 bits per heavy atom. The van der Waals surface area contributed by atoms with Crippen molar-refractivity contribution in [3.8, 4) is 0 Å². The molecule has 0 fully saturated rings. The number of nitrogens with two attached hydrogens (primary N) is 1. The van der Waals surface area contributed by atoms with Crippen molar-refractivity contribution in [1.82, 2.24) is 0 Å². The van der Waals surface area contributed by atoms with E-state index < -0.39 is 0 Å². The van der Waals surface area contributed by atoms with Crippen molar-refractivity contribution >= 4 is 27.5 Å². The molecular formula is C11H15BrClNO. The van der Waals surface area contributed by atoms with Crippen molar-refractivity contribution in [2.75, 3.05) is 6.54 Å². The monoisotopic (exact) mass is 291 g/mol. The molecule has 0 aliphatic carbocycles. The molecule has 84 valence electrons. The van der Waals surface area contributed by atoms with Crippen LogP contribution in [0.5, 0.6) is 0 Å². The smallest absolute Gasteiger partial charge is 0.0518 e. The molecule has 0 bridgehead atoms. The minimum Gasteiger partial charge on any atom is -0.393 e. The van der Waals surface area contributed by atoms with Crippen LogP contribution in [0.4, 0.5) is 0 Å². The van der Waals surface area contributed by atoms with E-state index in [0.717, 1.165) is 10.0 Å². The van der Waals surface area contributed by atoms with E-state index in [1.807, 2.05) is 18.2 Å². The first-order valence-electron chi connectivity index (χ1n) is 4.87. The van der Waals surface area contributed by atoms with Crippen molar-refractivity contribution < 1.29 is 5.11 Å². The van der Waals surface area contributed by atoms with Gasteiger partial charge in [-0.2, -0.15) is 0 Å². The van der Waals surface area contributed by atoms with E-state index in [2.05, 4.69) is 15.9 Å². The van der Waals surface area contributed by atoms with Gasteiger partial charge in [0.15, 0.2) is 0 Å². The van der Waals surface area contributed by atoms with E-state index in [0.29, 0.717) is 18.0 Å². The summed E-state index contributed by atoms with van der Waals surface area (Å²) in [4.78, 5) is 0. The van der Waals surface area contributed by atoms with Crippen molar-refractivity contribution in [2.24, 2.45) is 5.73 Å². The van der Waals surface area contributed by atoms with E-state index in [1.165, 1.54) is 0 Å². The Labute approximate surface area is 104 Å². The summed E-state index contributed by atoms with van der Waals surface area (Å²) in [5, 5.41) is 10.1. The van der Waals surface area contributed by atoms with Gasteiger partial charge in [-0.25, -0.2) is 0 Å². The molecule has 0 amide bonds. The Kier molecular flexibility index (Phi) is 5.06. The fourth-order valence-corrected chi connectivity index (χ4v) is 2.60. The zero-order valence-electron chi connectivity index (χ0n) is 8.58. The summed E-state index contributed by atoms with van der Waals surface area (Å²) in [5.41, 5.74) is 6.79. The first kappa shape index (κ1) is 13.0. The minimum atomic E-state index is -0.346. The highest BCUT2D eigenvalue weighted by Gasteiger charge is 2.15. The van der Waals surface area contributed by atoms with Gasteiger partial charge in [-0.1, -0.05) is 33.6 Å². The van der Waals surface area contributed by atoms with E-state index in [1.54, 1.807) is 6.92 Å². The Hall–Kier alpha value is -0.0900. The highest BCUT2D eigenvalue weighted by atomic mass is 79.9. The minimum absolute atomic E-state index is 0.164. The summed E-state index contributed by atoms with van der Waals surface area (Å²) in [6.07, 6.45) is 0.317. The molecule has 2 atom stereocenters. The molecule has 0 radical (unpaired) electrons. The van der Waals surface area contributed by atoms with E-state index in [9.17, 15) is 5.11 Å². The fourth-order valence-electron chi connectivity index (χ4n) is 1.59. The molecule has 0 aliphatic heterocycles. The summed E-state index contributed by atoms with van der Waals surface area (Å²) >= 11 is 9.32. The number of halogens is 2. The molecule has 2 unspecified atom stereocenters. The second kappa shape index (κ2) is 5.85. The standard InChI is InChI=1S/C11H15BrClNO/c1-7(15)4-8(6-14)10-3-2-9(13)5-11(10)12/h2-3,5,7-8,15H,4,6,14H2,1H3. The topological polar surface area (TPSA) is 46.2 Å². The van der Waals surface area contributed by atoms with E-state index >= 15 is 0 Å². The maximum absolute atomic E-state index is 9.36. The number of hydrogen-bond acceptors (Lipinski definition) is 2. The number of benzene rings is 1. The van der Waals surface area contributed by atoms with E-state index in [4.69, 9.17) is 17.3 Å². The van der Waals surface area contributed by atoms with Crippen molar-refractivity contribution in [2.45, 2.75) is 25.4 Å². The number of hydrogen-bond donors (Lipinski definition) is 2. The first-order chi connectivity index (χ1) is 7.04. The quantitative estimate of drug-likeness (QED) is 0.896. The average molecular weight is 293 g/mol. The van der Waals surface area contributed by atoms with Gasteiger partial charge in [0.2, 0.25) is 0 Å². The number of aliphatic hydroxyl groups is 1. The lowest BCUT2D eigenvalue weighted by molar-refractivity contribution is 0.175. The lowest BCUT2D eigenvalue weighted by Gasteiger charge is -2.18. The Morgan fingerprint density at radius 2 is 2.20 bits per heavy atom. The third-order valence-electron chi connectivity index (χ3n) is 2.31. The largest absolute Gasteiger partial charge is 0.393 e. The summed E-state index contributed by atoms with van der Waals surface area (Å²) in [6.45, 7) is 2.29. The summed E-state index contributed by atoms with van der Waals surface area (Å²) < 4.78 is 0.950. The second-order valence-corrected chi connectivity index (χ2v) is 4.97. The van der Waals surface area contributed by atoms with Crippen LogP contribution in [0.1, 0.15) is 24.8 Å². The molecule has 4 heteroatoms. The summed E-state index contributed by atoms with van der Waals surface area (Å²) in [5.74, 6) is 0.164. The summed E-state index contributed by atoms with van der Waals surface area (Å²) in [7, 11) is 0. The number of aliphatic hydroxyl groups excluding tert-OH is 1. The predicted octanol–water partition coefficient (Wildman–Crippen LogP) is 2.92. The van der Waals surface area contributed by atoms with Crippen LogP contribution in [-0.4, -0.2) is 17.8 Å². The van der Waals surface area contributed by atoms with Crippen LogP contribution in [0, 0.1) is 0 Å². The van der Waals surface area contributed by atoms with Gasteiger partial charge in [0.05, 0.1) is 6.10 Å². The maximum atomic E-state index is 9.36. The molecule has 1 aromatic rings. The average Bonchev–Trinajstić information content (AvgIpc) is 2.14. The SMILES string of the molecule is CC(O)CC(CN)c1ccc(Cl)cc1Br. The van der Waals surface area contributed by atoms with E-state index in [-0.39, 0.29) is 12.0 Å². The third kappa shape index (κ3) is 3.76. The van der Waals surface area contributed by atoms with Crippen molar-refractivity contribution in [3.63, 3.8) is 0 Å². The maximum Gasteiger partial charge on any atom is 0.0518 e. The van der Waals surface area contributed by atoms with Crippen LogP contribution in [-0.2, 0) is 0 Å². The predicted molar refractivity (Wildman–Crippen MR) is 67.2 cm³/mol. The molecule has 0 spiro atoms. The first-order valence-corrected chi connectivity index (χ1v) is 6.04. The second-order valence-electron chi connectivity index (χ2n) is 3.68. The highest BCUT2D eigenvalue weighted by molar-refractivity contribution is 9.10. The van der Waals surface area contributed by atoms with Crippen LogP contribution in [0.2, 0.25) is 5.02 Å². The number of rotatable bonds is 4. The molecular weight excluding hydrogens is 277 g/mol. The Bertz CT molecular complexity index is 330. The Morgan fingerprint density at radius 3 is 2.67 bits per heavy atom. The molecule has 15 heavy (non-hydrogen) atoms. The van der Waals surface area contributed by atoms with Crippen LogP contribution >= 0.6 is 27.5 Å². The van der Waals surface area contributed by atoms with Gasteiger partial charge in [0.25, 0.3) is 0 Å². The van der Waals surface area contributed by atoms with Crippen LogP contribution in [0.3, 0.4) is 0 Å². The zero-order chi connectivity index (χ0) is 11.4. The van der Waals surface area contributed by atoms with Gasteiger partial charge < -0.3 is 10.8 Å². The normalized spacial score (nSPS) is 15.0. The molecule has 0 saturated carbocycles. The highest BCUT2D eigenvalue weighted by Crippen LogP contribution is 2.30.